The smallest absolute Gasteiger partial charge is 0.413 e. The zero-order valence-corrected chi connectivity index (χ0v) is 20.9. The molecule has 1 aliphatic rings. The Hall–Kier alpha value is -3.56. The number of methoxy groups -OCH3 is 2. The molecule has 1 unspecified atom stereocenters. The molecular formula is C21H23F2N4O10P. The van der Waals surface area contributed by atoms with E-state index in [1.54, 1.807) is 18.2 Å². The number of rotatable bonds is 9. The first-order valence-corrected chi connectivity index (χ1v) is 12.5. The van der Waals surface area contributed by atoms with Gasteiger partial charge in [-0.15, -0.1) is 0 Å². The molecule has 17 heteroatoms. The fraction of sp³-hybridized carbons (Fsp3) is 0.381. The summed E-state index contributed by atoms with van der Waals surface area (Å²) in [5.41, 5.74) is 4.09. The van der Waals surface area contributed by atoms with E-state index in [4.69, 9.17) is 33.8 Å². The van der Waals surface area contributed by atoms with Crippen LogP contribution in [0, 0.1) is 0 Å². The number of alkyl halides is 2. The second-order valence-corrected chi connectivity index (χ2v) is 9.49. The van der Waals surface area contributed by atoms with Gasteiger partial charge in [0.2, 0.25) is 6.23 Å². The molecular weight excluding hydrogens is 537 g/mol. The highest BCUT2D eigenvalue weighted by molar-refractivity contribution is 7.50. The van der Waals surface area contributed by atoms with E-state index in [-0.39, 0.29) is 18.2 Å². The Kier molecular flexibility index (Phi) is 7.71. The number of hydrogen-bond donors (Lipinski definition) is 3. The molecule has 0 bridgehead atoms. The zero-order valence-electron chi connectivity index (χ0n) is 20.0. The predicted octanol–water partition coefficient (Wildman–Crippen LogP) is 2.75. The van der Waals surface area contributed by atoms with E-state index < -0.39 is 50.8 Å². The average Bonchev–Trinajstić information content (AvgIpc) is 3.40. The Morgan fingerprint density at radius 3 is 2.76 bits per heavy atom. The van der Waals surface area contributed by atoms with Gasteiger partial charge in [0.1, 0.15) is 17.3 Å². The van der Waals surface area contributed by atoms with Crippen LogP contribution in [0.5, 0.6) is 11.5 Å². The van der Waals surface area contributed by atoms with E-state index in [0.717, 1.165) is 12.3 Å². The topological polar surface area (TPSA) is 187 Å². The van der Waals surface area contributed by atoms with Crippen LogP contribution >= 0.6 is 7.75 Å². The molecule has 1 amide bonds. The van der Waals surface area contributed by atoms with Gasteiger partial charge >= 0.3 is 19.5 Å². The molecule has 0 radical (unpaired) electrons. The lowest BCUT2D eigenvalue weighted by molar-refractivity contribution is -0.119. The minimum atomic E-state index is -4.40. The summed E-state index contributed by atoms with van der Waals surface area (Å²) < 4.78 is 71.2. The quantitative estimate of drug-likeness (QED) is 0.325. The number of nitrogens with one attached hydrogen (secondary N) is 1. The molecule has 3 heterocycles. The van der Waals surface area contributed by atoms with Crippen molar-refractivity contribution >= 4 is 30.6 Å². The molecule has 14 nitrogen and oxygen atoms in total. The number of aromatic nitrogens is 2. The maximum absolute atomic E-state index is 14.4. The van der Waals surface area contributed by atoms with Crippen LogP contribution in [-0.4, -0.2) is 53.4 Å². The molecule has 4 N–H and O–H groups in total. The first-order chi connectivity index (χ1) is 17.9. The molecule has 0 spiro atoms. The summed E-state index contributed by atoms with van der Waals surface area (Å²) in [5, 5.41) is 2.87. The van der Waals surface area contributed by atoms with Gasteiger partial charge in [-0.2, -0.15) is 4.98 Å². The number of carbonyl (C=O) groups is 1. The molecule has 2 aromatic heterocycles. The van der Waals surface area contributed by atoms with Gasteiger partial charge in [0.15, 0.2) is 17.9 Å². The third-order valence-electron chi connectivity index (χ3n) is 5.35. The van der Waals surface area contributed by atoms with Crippen LogP contribution in [-0.2, 0) is 25.2 Å². The van der Waals surface area contributed by atoms with E-state index >= 15 is 0 Å². The van der Waals surface area contributed by atoms with Crippen LogP contribution in [0.15, 0.2) is 39.7 Å². The van der Waals surface area contributed by atoms with Crippen molar-refractivity contribution < 1.29 is 50.9 Å². The second-order valence-electron chi connectivity index (χ2n) is 8.10. The Balaban J connectivity index is 1.38. The van der Waals surface area contributed by atoms with E-state index in [1.165, 1.54) is 14.2 Å². The van der Waals surface area contributed by atoms with Crippen LogP contribution in [0.1, 0.15) is 18.4 Å². The monoisotopic (exact) mass is 560 g/mol. The normalized spacial score (nSPS) is 20.2. The van der Waals surface area contributed by atoms with E-state index in [0.29, 0.717) is 27.0 Å². The van der Waals surface area contributed by atoms with Gasteiger partial charge in [0, 0.05) is 24.1 Å². The predicted molar refractivity (Wildman–Crippen MR) is 125 cm³/mol. The third kappa shape index (κ3) is 6.28. The van der Waals surface area contributed by atoms with Gasteiger partial charge in [-0.05, 0) is 18.2 Å². The molecule has 38 heavy (non-hydrogen) atoms. The molecule has 1 aromatic carbocycles. The average molecular weight is 560 g/mol. The highest BCUT2D eigenvalue weighted by Gasteiger charge is 2.52. The van der Waals surface area contributed by atoms with Crippen molar-refractivity contribution in [1.82, 2.24) is 9.55 Å². The van der Waals surface area contributed by atoms with Crippen LogP contribution in [0.4, 0.5) is 19.4 Å². The number of furan rings is 1. The van der Waals surface area contributed by atoms with Crippen LogP contribution < -0.4 is 26.0 Å². The maximum Gasteiger partial charge on any atom is 0.413 e. The SMILES string of the molecule is COc1cc(OC)c2oc(COC(=O)Nc3ccn([C@@H]4O[C@H](COP(N)(=O)O)CC4(F)F)c(=O)n3)cc2c1. The number of benzene rings is 1. The van der Waals surface area contributed by atoms with Crippen molar-refractivity contribution in [3.63, 3.8) is 0 Å². The van der Waals surface area contributed by atoms with E-state index in [1.807, 2.05) is 0 Å². The van der Waals surface area contributed by atoms with Crippen LogP contribution in [0.25, 0.3) is 11.0 Å². The number of nitrogens with zero attached hydrogens (tertiary/aromatic N) is 2. The lowest BCUT2D eigenvalue weighted by Crippen LogP contribution is -2.35. The molecule has 4 rings (SSSR count). The summed E-state index contributed by atoms with van der Waals surface area (Å²) in [5.74, 6) is -2.55. The first-order valence-electron chi connectivity index (χ1n) is 10.8. The van der Waals surface area contributed by atoms with Crippen molar-refractivity contribution in [2.24, 2.45) is 5.50 Å². The summed E-state index contributed by atoms with van der Waals surface area (Å²) >= 11 is 0. The number of anilines is 1. The molecule has 206 valence electrons. The van der Waals surface area contributed by atoms with Crippen molar-refractivity contribution in [2.45, 2.75) is 31.3 Å². The Morgan fingerprint density at radius 1 is 1.34 bits per heavy atom. The molecule has 1 fully saturated rings. The number of hydrogen-bond acceptors (Lipinski definition) is 10. The lowest BCUT2D eigenvalue weighted by Gasteiger charge is -2.20. The Morgan fingerprint density at radius 2 is 2.11 bits per heavy atom. The number of halogens is 2. The number of carbonyl (C=O) groups excluding carboxylic acids is 1. The first kappa shape index (κ1) is 27.5. The van der Waals surface area contributed by atoms with Crippen molar-refractivity contribution in [1.29, 1.82) is 0 Å². The third-order valence-corrected chi connectivity index (χ3v) is 5.87. The molecule has 3 atom stereocenters. The van der Waals surface area contributed by atoms with Crippen LogP contribution in [0.3, 0.4) is 0 Å². The molecule has 1 saturated heterocycles. The standard InChI is InChI=1S/C21H23F2N4O10P/c1-32-12-5-11-6-13(36-17(11)15(7-12)33-2)9-34-20(29)26-16-3-4-27(19(28)25-16)18-21(22,23)8-14(37-18)10-35-38(24,30)31/h3-7,14,18H,8-10H2,1-2H3,(H3,24,30,31)(H,25,26,28,29)/t14-,18+/m0/s1. The molecule has 0 saturated carbocycles. The van der Waals surface area contributed by atoms with Gasteiger partial charge < -0.3 is 28.3 Å². The zero-order chi connectivity index (χ0) is 27.7. The fourth-order valence-corrected chi connectivity index (χ4v) is 4.10. The molecule has 3 aromatic rings. The molecule has 0 aliphatic carbocycles. The van der Waals surface area contributed by atoms with Gasteiger partial charge in [-0.25, -0.2) is 28.4 Å². The van der Waals surface area contributed by atoms with Crippen molar-refractivity contribution in [2.75, 3.05) is 26.1 Å². The number of amides is 1. The number of nitrogens with two attached hydrogens (primary N) is 1. The highest BCUT2D eigenvalue weighted by atomic mass is 31.2. The number of ether oxygens (including phenoxy) is 4. The summed E-state index contributed by atoms with van der Waals surface area (Å²) in [6.07, 6.45) is -4.30. The van der Waals surface area contributed by atoms with Crippen molar-refractivity contribution in [3.05, 3.63) is 46.7 Å². The van der Waals surface area contributed by atoms with Crippen LogP contribution in [0.2, 0.25) is 0 Å². The highest BCUT2D eigenvalue weighted by Crippen LogP contribution is 2.43. The molecule has 1 aliphatic heterocycles. The van der Waals surface area contributed by atoms with E-state index in [9.17, 15) is 22.9 Å². The summed E-state index contributed by atoms with van der Waals surface area (Å²) in [6, 6.07) is 6.05. The summed E-state index contributed by atoms with van der Waals surface area (Å²) in [7, 11) is -1.43. The minimum Gasteiger partial charge on any atom is -0.497 e. The van der Waals surface area contributed by atoms with Gasteiger partial charge in [-0.3, -0.25) is 14.4 Å². The summed E-state index contributed by atoms with van der Waals surface area (Å²) in [4.78, 5) is 37.1. The maximum atomic E-state index is 14.4. The fourth-order valence-electron chi connectivity index (χ4n) is 3.72. The van der Waals surface area contributed by atoms with Gasteiger partial charge in [0.05, 0.1) is 26.9 Å². The Labute approximate surface area is 212 Å². The largest absolute Gasteiger partial charge is 0.497 e. The number of fused-ring (bicyclic) bond motifs is 1. The van der Waals surface area contributed by atoms with Gasteiger partial charge in [0.25, 0.3) is 5.92 Å². The van der Waals surface area contributed by atoms with Gasteiger partial charge in [-0.1, -0.05) is 0 Å². The lowest BCUT2D eigenvalue weighted by atomic mass is 10.2. The summed E-state index contributed by atoms with van der Waals surface area (Å²) in [6.45, 7) is -0.964. The van der Waals surface area contributed by atoms with Crippen molar-refractivity contribution in [3.8, 4) is 11.5 Å². The Bertz CT molecular complexity index is 1440. The van der Waals surface area contributed by atoms with E-state index in [2.05, 4.69) is 14.8 Å². The minimum absolute atomic E-state index is 0.266. The second kappa shape index (κ2) is 10.7.